The molecule has 1 N–H and O–H groups in total. The molecule has 23 heavy (non-hydrogen) atoms. The van der Waals surface area contributed by atoms with Gasteiger partial charge in [0, 0.05) is 39.3 Å². The fraction of sp³-hybridized carbons (Fsp3) is 0.684. The third-order valence-electron chi connectivity index (χ3n) is 4.20. The molecule has 1 fully saturated rings. The van der Waals surface area contributed by atoms with Crippen LogP contribution in [-0.2, 0) is 6.54 Å². The van der Waals surface area contributed by atoms with Gasteiger partial charge in [-0.25, -0.2) is 0 Å². The van der Waals surface area contributed by atoms with E-state index in [2.05, 4.69) is 40.8 Å². The quantitative estimate of drug-likeness (QED) is 0.833. The van der Waals surface area contributed by atoms with E-state index in [0.29, 0.717) is 0 Å². The molecule has 1 heterocycles. The number of aliphatic hydroxyl groups is 1. The molecule has 2 rings (SSSR count). The predicted molar refractivity (Wildman–Crippen MR) is 98.7 cm³/mol. The van der Waals surface area contributed by atoms with Crippen molar-refractivity contribution in [2.75, 3.05) is 60.0 Å². The van der Waals surface area contributed by atoms with Gasteiger partial charge in [-0.3, -0.25) is 4.90 Å². The maximum atomic E-state index is 8.67. The van der Waals surface area contributed by atoms with Crippen molar-refractivity contribution in [2.24, 2.45) is 0 Å². The van der Waals surface area contributed by atoms with Crippen molar-refractivity contribution in [1.29, 1.82) is 0 Å². The number of benzene rings is 1. The van der Waals surface area contributed by atoms with Crippen LogP contribution in [0, 0.1) is 0 Å². The van der Waals surface area contributed by atoms with Crippen molar-refractivity contribution in [2.45, 2.75) is 26.3 Å². The van der Waals surface area contributed by atoms with Gasteiger partial charge in [0.25, 0.3) is 0 Å². The zero-order chi connectivity index (χ0) is 16.9. The Morgan fingerprint density at radius 2 is 1.74 bits per heavy atom. The Morgan fingerprint density at radius 3 is 2.30 bits per heavy atom. The fourth-order valence-corrected chi connectivity index (χ4v) is 2.60. The molecule has 1 aliphatic rings. The Morgan fingerprint density at radius 1 is 1.09 bits per heavy atom. The first-order chi connectivity index (χ1) is 11.2. The second-order valence-corrected chi connectivity index (χ2v) is 6.45. The average molecular weight is 322 g/mol. The fourth-order valence-electron chi connectivity index (χ4n) is 2.60. The first kappa shape index (κ1) is 20.1. The third-order valence-corrected chi connectivity index (χ3v) is 4.20. The molecule has 0 saturated carbocycles. The Balaban J connectivity index is 0.000000231. The monoisotopic (exact) mass is 321 g/mol. The summed E-state index contributed by atoms with van der Waals surface area (Å²) in [6, 6.07) is 10.3. The van der Waals surface area contributed by atoms with E-state index >= 15 is 0 Å². The van der Waals surface area contributed by atoms with Crippen LogP contribution >= 0.6 is 0 Å². The van der Waals surface area contributed by atoms with Crippen LogP contribution in [0.25, 0.3) is 0 Å². The summed E-state index contributed by atoms with van der Waals surface area (Å²) in [5.74, 6) is 0. The Hall–Kier alpha value is -0.940. The van der Waals surface area contributed by atoms with Crippen LogP contribution in [0.5, 0.6) is 0 Å². The SMILES string of the molecule is CCCCN1CCN(C)CC1.CN(CCO)Cc1ccccc1. The highest BCUT2D eigenvalue weighted by Gasteiger charge is 2.11. The van der Waals surface area contributed by atoms with Gasteiger partial charge >= 0.3 is 0 Å². The van der Waals surface area contributed by atoms with Crippen molar-refractivity contribution >= 4 is 0 Å². The first-order valence-electron chi connectivity index (χ1n) is 8.90. The Bertz CT molecular complexity index is 375. The molecule has 1 aromatic carbocycles. The van der Waals surface area contributed by atoms with Crippen LogP contribution in [-0.4, -0.2) is 79.8 Å². The van der Waals surface area contributed by atoms with Crippen LogP contribution in [0.4, 0.5) is 0 Å². The topological polar surface area (TPSA) is 30.0 Å². The summed E-state index contributed by atoms with van der Waals surface area (Å²) in [6.07, 6.45) is 2.69. The molecule has 4 nitrogen and oxygen atoms in total. The van der Waals surface area contributed by atoms with Gasteiger partial charge in [-0.15, -0.1) is 0 Å². The summed E-state index contributed by atoms with van der Waals surface area (Å²) < 4.78 is 0. The molecule has 0 amide bonds. The highest BCUT2D eigenvalue weighted by atomic mass is 16.3. The summed E-state index contributed by atoms with van der Waals surface area (Å²) in [5.41, 5.74) is 1.29. The number of unbranched alkanes of at least 4 members (excludes halogenated alkanes) is 1. The zero-order valence-corrected chi connectivity index (χ0v) is 15.2. The smallest absolute Gasteiger partial charge is 0.0558 e. The average Bonchev–Trinajstić information content (AvgIpc) is 2.56. The van der Waals surface area contributed by atoms with E-state index < -0.39 is 0 Å². The molecule has 0 bridgehead atoms. The van der Waals surface area contributed by atoms with Crippen LogP contribution in [0.2, 0.25) is 0 Å². The molecule has 4 heteroatoms. The number of piperazine rings is 1. The second-order valence-electron chi connectivity index (χ2n) is 6.45. The van der Waals surface area contributed by atoms with Gasteiger partial charge in [0.1, 0.15) is 0 Å². The minimum absolute atomic E-state index is 0.226. The Labute approximate surface area is 142 Å². The molecule has 132 valence electrons. The number of hydrogen-bond acceptors (Lipinski definition) is 4. The van der Waals surface area contributed by atoms with E-state index in [1.165, 1.54) is 51.1 Å². The molecule has 1 aromatic rings. The molecule has 0 spiro atoms. The molecule has 1 saturated heterocycles. The highest BCUT2D eigenvalue weighted by molar-refractivity contribution is 5.14. The van der Waals surface area contributed by atoms with E-state index in [9.17, 15) is 0 Å². The van der Waals surface area contributed by atoms with Gasteiger partial charge in [0.2, 0.25) is 0 Å². The van der Waals surface area contributed by atoms with Crippen LogP contribution < -0.4 is 0 Å². The summed E-state index contributed by atoms with van der Waals surface area (Å²) in [4.78, 5) is 7.07. The molecule has 0 aliphatic carbocycles. The van der Waals surface area contributed by atoms with Crippen LogP contribution in [0.1, 0.15) is 25.3 Å². The van der Waals surface area contributed by atoms with Gasteiger partial charge in [-0.1, -0.05) is 43.7 Å². The Kier molecular flexibility index (Phi) is 10.9. The van der Waals surface area contributed by atoms with Crippen molar-refractivity contribution in [3.8, 4) is 0 Å². The number of nitrogens with zero attached hydrogens (tertiary/aromatic N) is 3. The maximum absolute atomic E-state index is 8.67. The van der Waals surface area contributed by atoms with E-state index in [1.807, 2.05) is 25.2 Å². The van der Waals surface area contributed by atoms with Gasteiger partial charge in [0.15, 0.2) is 0 Å². The molecular formula is C19H35N3O. The largest absolute Gasteiger partial charge is 0.395 e. The minimum atomic E-state index is 0.226. The number of hydrogen-bond donors (Lipinski definition) is 1. The zero-order valence-electron chi connectivity index (χ0n) is 15.2. The lowest BCUT2D eigenvalue weighted by atomic mass is 10.2. The summed E-state index contributed by atoms with van der Waals surface area (Å²) in [7, 11) is 4.21. The lowest BCUT2D eigenvalue weighted by Gasteiger charge is -2.32. The normalized spacial score (nSPS) is 16.2. The van der Waals surface area contributed by atoms with Crippen LogP contribution in [0.15, 0.2) is 30.3 Å². The molecule has 1 aliphatic heterocycles. The number of aliphatic hydroxyl groups excluding tert-OH is 1. The van der Waals surface area contributed by atoms with Gasteiger partial charge in [-0.05, 0) is 32.6 Å². The maximum Gasteiger partial charge on any atom is 0.0558 e. The van der Waals surface area contributed by atoms with E-state index in [1.54, 1.807) is 0 Å². The van der Waals surface area contributed by atoms with Crippen molar-refractivity contribution in [3.05, 3.63) is 35.9 Å². The number of rotatable bonds is 7. The minimum Gasteiger partial charge on any atom is -0.395 e. The molecule has 0 unspecified atom stereocenters. The van der Waals surface area contributed by atoms with Crippen molar-refractivity contribution in [1.82, 2.24) is 14.7 Å². The molecule has 0 atom stereocenters. The summed E-state index contributed by atoms with van der Waals surface area (Å²) >= 11 is 0. The van der Waals surface area contributed by atoms with Crippen LogP contribution in [0.3, 0.4) is 0 Å². The molecule has 0 radical (unpaired) electrons. The van der Waals surface area contributed by atoms with Gasteiger partial charge in [0.05, 0.1) is 6.61 Å². The lowest BCUT2D eigenvalue weighted by molar-refractivity contribution is 0.152. The number of likely N-dealkylation sites (N-methyl/N-ethyl adjacent to an activating group) is 2. The highest BCUT2D eigenvalue weighted by Crippen LogP contribution is 2.01. The van der Waals surface area contributed by atoms with Gasteiger partial charge < -0.3 is 14.9 Å². The van der Waals surface area contributed by atoms with Crippen molar-refractivity contribution in [3.63, 3.8) is 0 Å². The molecule has 0 aromatic heterocycles. The standard InChI is InChI=1S/C10H15NO.C9H20N2/c1-11(7-8-12)9-10-5-3-2-4-6-10;1-3-4-5-11-8-6-10(2)7-9-11/h2-6,12H,7-9H2,1H3;3-9H2,1-2H3. The van der Waals surface area contributed by atoms with Crippen molar-refractivity contribution < 1.29 is 5.11 Å². The van der Waals surface area contributed by atoms with E-state index in [-0.39, 0.29) is 6.61 Å². The second kappa shape index (κ2) is 12.5. The molecular weight excluding hydrogens is 286 g/mol. The third kappa shape index (κ3) is 9.72. The first-order valence-corrected chi connectivity index (χ1v) is 8.90. The van der Waals surface area contributed by atoms with Gasteiger partial charge in [-0.2, -0.15) is 0 Å². The predicted octanol–water partition coefficient (Wildman–Crippen LogP) is 2.14. The lowest BCUT2D eigenvalue weighted by Crippen LogP contribution is -2.44. The summed E-state index contributed by atoms with van der Waals surface area (Å²) in [5, 5.41) is 8.67. The summed E-state index contributed by atoms with van der Waals surface area (Å²) in [6.45, 7) is 10.5. The van der Waals surface area contributed by atoms with E-state index in [4.69, 9.17) is 5.11 Å². The van der Waals surface area contributed by atoms with E-state index in [0.717, 1.165) is 13.1 Å².